The Morgan fingerprint density at radius 1 is 0.732 bits per heavy atom. The first-order chi connectivity index (χ1) is 19.6. The van der Waals surface area contributed by atoms with Crippen molar-refractivity contribution in [1.82, 2.24) is 9.55 Å². The van der Waals surface area contributed by atoms with Gasteiger partial charge in [0.15, 0.2) is 0 Å². The van der Waals surface area contributed by atoms with Crippen molar-refractivity contribution >= 4 is 11.0 Å². The maximum atomic E-state index is 11.0. The normalized spacial score (nSPS) is 27.4. The summed E-state index contributed by atoms with van der Waals surface area (Å²) in [6.45, 7) is 0. The van der Waals surface area contributed by atoms with Gasteiger partial charge < -0.3 is 14.8 Å². The molecule has 4 atom stereocenters. The summed E-state index contributed by atoms with van der Waals surface area (Å²) in [5, 5.41) is 21.9. The Morgan fingerprint density at radius 3 is 2.07 bits per heavy atom. The van der Waals surface area contributed by atoms with Crippen LogP contribution in [-0.4, -0.2) is 32.0 Å². The molecular weight excluding hydrogens is 685 g/mol. The van der Waals surface area contributed by atoms with E-state index in [1.54, 1.807) is 0 Å². The number of aliphatic hydroxyl groups is 2. The molecular formula is C36H41IrN2O2-. The molecule has 4 saturated carbocycles. The van der Waals surface area contributed by atoms with Gasteiger partial charge in [0.25, 0.3) is 0 Å². The zero-order valence-corrected chi connectivity index (χ0v) is 26.1. The number of rotatable bonds is 2. The zero-order valence-electron chi connectivity index (χ0n) is 23.7. The van der Waals surface area contributed by atoms with E-state index in [1.807, 2.05) is 60.7 Å². The Balaban J connectivity index is 0.000000145. The minimum atomic E-state index is -0.219. The van der Waals surface area contributed by atoms with E-state index >= 15 is 0 Å². The molecule has 3 aromatic carbocycles. The molecule has 0 amide bonds. The van der Waals surface area contributed by atoms with Crippen molar-refractivity contribution in [3.05, 3.63) is 84.9 Å². The van der Waals surface area contributed by atoms with Crippen LogP contribution in [0, 0.1) is 28.7 Å². The third-order valence-corrected chi connectivity index (χ3v) is 10.9. The van der Waals surface area contributed by atoms with Gasteiger partial charge >= 0.3 is 0 Å². The standard InChI is InChI=1S/C19H13N2.C17H28O2.Ir/c1-3-9-15(10-4-1)19-20-17-13-7-8-14-18(17)21(19)16-11-5-2-6-12-16;18-14-13-12(5-10-16(14)6-1-2-7-16)11-17(15(13)19)8-3-4-9-17;/h1-9,11-14H;12-15,18-19H,1-11H2;/q-1;;. The van der Waals surface area contributed by atoms with Gasteiger partial charge in [-0.2, -0.15) is 0 Å². The number of para-hydroxylation sites is 3. The van der Waals surface area contributed by atoms with E-state index < -0.39 is 0 Å². The molecule has 0 bridgehead atoms. The number of imidazole rings is 1. The number of benzene rings is 3. The van der Waals surface area contributed by atoms with Crippen LogP contribution in [0.3, 0.4) is 0 Å². The summed E-state index contributed by atoms with van der Waals surface area (Å²) in [7, 11) is 0. The van der Waals surface area contributed by atoms with E-state index in [2.05, 4.69) is 28.8 Å². The van der Waals surface area contributed by atoms with Crippen LogP contribution < -0.4 is 0 Å². The molecule has 4 aliphatic rings. The molecule has 4 fully saturated rings. The predicted octanol–water partition coefficient (Wildman–Crippen LogP) is 7.75. The first kappa shape index (κ1) is 28.8. The average Bonchev–Trinajstić information content (AvgIpc) is 3.80. The van der Waals surface area contributed by atoms with E-state index in [4.69, 9.17) is 4.98 Å². The summed E-state index contributed by atoms with van der Waals surface area (Å²) in [6.07, 6.45) is 13.2. The van der Waals surface area contributed by atoms with Crippen LogP contribution in [0.25, 0.3) is 28.1 Å². The van der Waals surface area contributed by atoms with Crippen LogP contribution >= 0.6 is 0 Å². The van der Waals surface area contributed by atoms with Crippen molar-refractivity contribution in [2.45, 2.75) is 82.8 Å². The largest absolute Gasteiger partial charge is 0.392 e. The second-order valence-corrected chi connectivity index (χ2v) is 13.0. The Morgan fingerprint density at radius 2 is 1.37 bits per heavy atom. The molecule has 41 heavy (non-hydrogen) atoms. The van der Waals surface area contributed by atoms with Crippen molar-refractivity contribution in [3.63, 3.8) is 0 Å². The van der Waals surface area contributed by atoms with Crippen LogP contribution in [0.4, 0.5) is 0 Å². The molecule has 0 aliphatic heterocycles. The first-order valence-corrected chi connectivity index (χ1v) is 15.5. The van der Waals surface area contributed by atoms with Crippen LogP contribution in [-0.2, 0) is 20.1 Å². The molecule has 1 radical (unpaired) electrons. The van der Waals surface area contributed by atoms with Gasteiger partial charge in [0.2, 0.25) is 0 Å². The molecule has 2 N–H and O–H groups in total. The van der Waals surface area contributed by atoms with Gasteiger partial charge in [-0.3, -0.25) is 4.98 Å². The number of nitrogens with zero attached hydrogens (tertiary/aromatic N) is 2. The van der Waals surface area contributed by atoms with Crippen molar-refractivity contribution in [1.29, 1.82) is 0 Å². The monoisotopic (exact) mass is 726 g/mol. The second-order valence-electron chi connectivity index (χ2n) is 13.0. The van der Waals surface area contributed by atoms with Crippen molar-refractivity contribution in [2.24, 2.45) is 22.7 Å². The van der Waals surface area contributed by atoms with Gasteiger partial charge in [0.1, 0.15) is 0 Å². The Bertz CT molecular complexity index is 1430. The minimum Gasteiger partial charge on any atom is -0.392 e. The third-order valence-electron chi connectivity index (χ3n) is 10.9. The number of hydrogen-bond donors (Lipinski definition) is 2. The van der Waals surface area contributed by atoms with Crippen LogP contribution in [0.5, 0.6) is 0 Å². The minimum absolute atomic E-state index is 0. The maximum absolute atomic E-state index is 11.0. The summed E-state index contributed by atoms with van der Waals surface area (Å²) in [5.74, 6) is 1.72. The average molecular weight is 726 g/mol. The fourth-order valence-electron chi connectivity index (χ4n) is 8.98. The molecule has 1 heterocycles. The van der Waals surface area contributed by atoms with E-state index in [0.29, 0.717) is 5.92 Å². The maximum Gasteiger partial charge on any atom is 0.0774 e. The number of hydrogen-bond acceptors (Lipinski definition) is 3. The van der Waals surface area contributed by atoms with Gasteiger partial charge in [-0.25, -0.2) is 0 Å². The van der Waals surface area contributed by atoms with Crippen LogP contribution in [0.15, 0.2) is 78.9 Å². The van der Waals surface area contributed by atoms with E-state index in [1.165, 1.54) is 70.6 Å². The van der Waals surface area contributed by atoms with Gasteiger partial charge in [0, 0.05) is 31.7 Å². The molecule has 5 heteroatoms. The smallest absolute Gasteiger partial charge is 0.0774 e. The number of fused-ring (bicyclic) bond motifs is 2. The van der Waals surface area contributed by atoms with Gasteiger partial charge in [0.05, 0.1) is 29.1 Å². The fourth-order valence-corrected chi connectivity index (χ4v) is 8.98. The summed E-state index contributed by atoms with van der Waals surface area (Å²) in [4.78, 5) is 4.79. The van der Waals surface area contributed by atoms with Gasteiger partial charge in [-0.15, -0.1) is 35.9 Å². The number of aromatic nitrogens is 2. The zero-order chi connectivity index (χ0) is 27.2. The van der Waals surface area contributed by atoms with E-state index in [-0.39, 0.29) is 49.1 Å². The topological polar surface area (TPSA) is 58.3 Å². The number of aliphatic hydroxyl groups excluding tert-OH is 2. The summed E-state index contributed by atoms with van der Waals surface area (Å²) in [5.41, 5.74) is 4.59. The van der Waals surface area contributed by atoms with Crippen molar-refractivity contribution < 1.29 is 30.3 Å². The fraction of sp³-hybridized carbons (Fsp3) is 0.472. The van der Waals surface area contributed by atoms with Gasteiger partial charge in [-0.1, -0.05) is 56.0 Å². The summed E-state index contributed by atoms with van der Waals surface area (Å²) < 4.78 is 2.18. The summed E-state index contributed by atoms with van der Waals surface area (Å²) >= 11 is 0. The molecule has 8 rings (SSSR count). The van der Waals surface area contributed by atoms with Crippen molar-refractivity contribution in [3.8, 4) is 17.1 Å². The van der Waals surface area contributed by atoms with Gasteiger partial charge in [-0.05, 0) is 86.0 Å². The molecule has 2 spiro atoms. The molecule has 4 aliphatic carbocycles. The third kappa shape index (κ3) is 5.03. The molecule has 0 saturated heterocycles. The van der Waals surface area contributed by atoms with Crippen molar-refractivity contribution in [2.75, 3.05) is 0 Å². The molecule has 4 nitrogen and oxygen atoms in total. The summed E-state index contributed by atoms with van der Waals surface area (Å²) in [6, 6.07) is 29.7. The Hall–Kier alpha value is -2.30. The van der Waals surface area contributed by atoms with E-state index in [9.17, 15) is 10.2 Å². The second kappa shape index (κ2) is 11.8. The quantitative estimate of drug-likeness (QED) is 0.208. The SMILES string of the molecule is OC1C2C(CCC13CCCC3)CC1(CCCC1)C2O.[Ir].[c-]1ccccc1-c1nc2ccccc2n1-c1ccccc1. The van der Waals surface area contributed by atoms with Crippen LogP contribution in [0.2, 0.25) is 0 Å². The molecule has 217 valence electrons. The van der Waals surface area contributed by atoms with E-state index in [0.717, 1.165) is 28.1 Å². The predicted molar refractivity (Wildman–Crippen MR) is 160 cm³/mol. The molecule has 4 aromatic rings. The first-order valence-electron chi connectivity index (χ1n) is 15.5. The Labute approximate surface area is 257 Å². The molecule has 1 aromatic heterocycles. The molecule has 4 unspecified atom stereocenters. The Kier molecular flexibility index (Phi) is 8.26. The van der Waals surface area contributed by atoms with Crippen LogP contribution in [0.1, 0.15) is 70.6 Å².